The highest BCUT2D eigenvalue weighted by molar-refractivity contribution is 5.91. The van der Waals surface area contributed by atoms with Crippen LogP contribution in [0.4, 0.5) is 0 Å². The monoisotopic (exact) mass is 278 g/mol. The minimum atomic E-state index is -1.18. The van der Waals surface area contributed by atoms with E-state index >= 15 is 0 Å². The fourth-order valence-electron chi connectivity index (χ4n) is 5.63. The lowest BCUT2D eigenvalue weighted by molar-refractivity contribution is -0.152. The topological polar surface area (TPSA) is 66.8 Å². The van der Waals surface area contributed by atoms with E-state index < -0.39 is 11.7 Å². The van der Waals surface area contributed by atoms with Gasteiger partial charge in [0, 0.05) is 17.4 Å². The lowest BCUT2D eigenvalue weighted by Gasteiger charge is -2.36. The summed E-state index contributed by atoms with van der Waals surface area (Å²) in [4.78, 5) is 11.9. The van der Waals surface area contributed by atoms with Gasteiger partial charge in [-0.25, -0.2) is 4.79 Å². The molecule has 0 aromatic rings. The quantitative estimate of drug-likeness (QED) is 0.519. The largest absolute Gasteiger partial charge is 0.458 e. The lowest BCUT2D eigenvalue weighted by Crippen LogP contribution is -2.48. The van der Waals surface area contributed by atoms with Gasteiger partial charge >= 0.3 is 5.97 Å². The summed E-state index contributed by atoms with van der Waals surface area (Å²) in [5, 5.41) is 21.2. The molecule has 3 aliphatic carbocycles. The molecule has 1 spiro atoms. The van der Waals surface area contributed by atoms with Gasteiger partial charge in [0.25, 0.3) is 0 Å². The fourth-order valence-corrected chi connectivity index (χ4v) is 5.63. The summed E-state index contributed by atoms with van der Waals surface area (Å²) in [6, 6.07) is 0. The lowest BCUT2D eigenvalue weighted by atomic mass is 9.74. The van der Waals surface area contributed by atoms with Gasteiger partial charge in [0.05, 0.1) is 11.7 Å². The predicted octanol–water partition coefficient (Wildman–Crippen LogP) is 1.41. The van der Waals surface area contributed by atoms with E-state index in [4.69, 9.17) is 4.74 Å². The minimum Gasteiger partial charge on any atom is -0.458 e. The molecule has 20 heavy (non-hydrogen) atoms. The molecule has 0 amide bonds. The van der Waals surface area contributed by atoms with Crippen molar-refractivity contribution in [2.75, 3.05) is 0 Å². The third-order valence-electron chi connectivity index (χ3n) is 6.92. The number of carbonyl (C=O) groups excluding carboxylic acids is 1. The molecule has 4 fully saturated rings. The third kappa shape index (κ3) is 1.19. The number of rotatable bonds is 0. The normalized spacial score (nSPS) is 60.4. The van der Waals surface area contributed by atoms with Crippen LogP contribution in [0.2, 0.25) is 0 Å². The molecule has 0 radical (unpaired) electrons. The van der Waals surface area contributed by atoms with Crippen molar-refractivity contribution >= 4 is 5.97 Å². The second kappa shape index (κ2) is 3.30. The summed E-state index contributed by atoms with van der Waals surface area (Å²) in [5.41, 5.74) is -0.543. The number of aliphatic hydroxyl groups excluding tert-OH is 1. The molecule has 1 aliphatic heterocycles. The number of ether oxygens (including phenoxy) is 1. The second-order valence-corrected chi connectivity index (χ2v) is 7.86. The third-order valence-corrected chi connectivity index (χ3v) is 6.92. The van der Waals surface area contributed by atoms with Gasteiger partial charge in [-0.3, -0.25) is 0 Å². The summed E-state index contributed by atoms with van der Waals surface area (Å²) in [7, 11) is 0. The van der Waals surface area contributed by atoms with Crippen molar-refractivity contribution in [1.82, 2.24) is 0 Å². The summed E-state index contributed by atoms with van der Waals surface area (Å²) in [6.45, 7) is 7.84. The number of hydrogen-bond acceptors (Lipinski definition) is 4. The Morgan fingerprint density at radius 3 is 2.80 bits per heavy atom. The Morgan fingerprint density at radius 2 is 2.10 bits per heavy atom. The zero-order valence-corrected chi connectivity index (χ0v) is 12.1. The Morgan fingerprint density at radius 1 is 1.40 bits per heavy atom. The molecule has 1 saturated heterocycles. The van der Waals surface area contributed by atoms with Crippen LogP contribution >= 0.6 is 0 Å². The van der Waals surface area contributed by atoms with E-state index in [1.807, 2.05) is 0 Å². The van der Waals surface area contributed by atoms with Crippen LogP contribution in [0.3, 0.4) is 0 Å². The first-order valence-corrected chi connectivity index (χ1v) is 7.53. The fraction of sp³-hybridized carbons (Fsp3) is 0.812. The van der Waals surface area contributed by atoms with E-state index in [-0.39, 0.29) is 34.7 Å². The van der Waals surface area contributed by atoms with Crippen LogP contribution in [0, 0.1) is 22.7 Å². The molecule has 4 heteroatoms. The Bertz CT molecular complexity index is 525. The van der Waals surface area contributed by atoms with E-state index in [0.29, 0.717) is 12.0 Å². The van der Waals surface area contributed by atoms with Crippen molar-refractivity contribution in [3.8, 4) is 0 Å². The molecule has 4 rings (SSSR count). The Hall–Kier alpha value is -0.870. The average molecular weight is 278 g/mol. The first kappa shape index (κ1) is 12.8. The zero-order chi connectivity index (χ0) is 14.5. The minimum absolute atomic E-state index is 0.00535. The summed E-state index contributed by atoms with van der Waals surface area (Å²) in [6.07, 6.45) is 2.51. The summed E-state index contributed by atoms with van der Waals surface area (Å²) in [5.74, 6) is -0.493. The SMILES string of the molecule is C=C1C(=O)O[C@H]2[C@H]1CC[C@@]1(C)C[C@]13C[C@@H](O)[C@@](C)(O)[C@H]23. The first-order valence-electron chi connectivity index (χ1n) is 7.53. The van der Waals surface area contributed by atoms with Gasteiger partial charge < -0.3 is 14.9 Å². The maximum Gasteiger partial charge on any atom is 0.334 e. The standard InChI is InChI=1S/C16H22O4/c1-8-9-4-5-14(2)7-16(14)6-10(17)15(3,19)12(16)11(9)20-13(8)18/h9-12,17,19H,1,4-7H2,2-3H3/t9-,10+,11-,12-,14-,15+,16-/m0/s1. The second-order valence-electron chi connectivity index (χ2n) is 7.86. The van der Waals surface area contributed by atoms with E-state index in [2.05, 4.69) is 13.5 Å². The van der Waals surface area contributed by atoms with Gasteiger partial charge in [0.2, 0.25) is 0 Å². The van der Waals surface area contributed by atoms with Crippen molar-refractivity contribution in [2.24, 2.45) is 22.7 Å². The number of esters is 1. The van der Waals surface area contributed by atoms with Crippen LogP contribution in [0.25, 0.3) is 0 Å². The van der Waals surface area contributed by atoms with Crippen LogP contribution in [0.15, 0.2) is 12.2 Å². The smallest absolute Gasteiger partial charge is 0.334 e. The van der Waals surface area contributed by atoms with Gasteiger partial charge in [-0.2, -0.15) is 0 Å². The molecule has 0 aromatic heterocycles. The predicted molar refractivity (Wildman–Crippen MR) is 71.6 cm³/mol. The van der Waals surface area contributed by atoms with Crippen molar-refractivity contribution in [1.29, 1.82) is 0 Å². The van der Waals surface area contributed by atoms with Crippen molar-refractivity contribution in [3.05, 3.63) is 12.2 Å². The molecule has 2 N–H and O–H groups in total. The number of carbonyl (C=O) groups is 1. The van der Waals surface area contributed by atoms with E-state index in [0.717, 1.165) is 19.3 Å². The molecule has 7 atom stereocenters. The number of fused-ring (bicyclic) bond motifs is 2. The average Bonchev–Trinajstić information content (AvgIpc) is 2.75. The van der Waals surface area contributed by atoms with E-state index in [9.17, 15) is 15.0 Å². The van der Waals surface area contributed by atoms with Crippen LogP contribution in [-0.2, 0) is 9.53 Å². The van der Waals surface area contributed by atoms with Gasteiger partial charge in [0.15, 0.2) is 0 Å². The Kier molecular flexibility index (Phi) is 2.12. The number of aliphatic hydroxyl groups is 2. The van der Waals surface area contributed by atoms with Crippen LogP contribution < -0.4 is 0 Å². The summed E-state index contributed by atoms with van der Waals surface area (Å²) >= 11 is 0. The highest BCUT2D eigenvalue weighted by Crippen LogP contribution is 2.80. The molecular formula is C16H22O4. The van der Waals surface area contributed by atoms with E-state index in [1.165, 1.54) is 0 Å². The van der Waals surface area contributed by atoms with Gasteiger partial charge in [-0.15, -0.1) is 0 Å². The molecule has 0 unspecified atom stereocenters. The maximum atomic E-state index is 11.9. The highest BCUT2D eigenvalue weighted by atomic mass is 16.6. The molecule has 4 aliphatic rings. The Balaban J connectivity index is 1.83. The molecule has 1 heterocycles. The summed E-state index contributed by atoms with van der Waals surface area (Å²) < 4.78 is 5.58. The van der Waals surface area contributed by atoms with Gasteiger partial charge in [-0.1, -0.05) is 13.5 Å². The molecule has 110 valence electrons. The van der Waals surface area contributed by atoms with Crippen molar-refractivity contribution < 1.29 is 19.7 Å². The van der Waals surface area contributed by atoms with Gasteiger partial charge in [0.1, 0.15) is 6.10 Å². The molecule has 4 nitrogen and oxygen atoms in total. The molecule has 3 saturated carbocycles. The number of hydrogen-bond donors (Lipinski definition) is 2. The van der Waals surface area contributed by atoms with Crippen LogP contribution in [0.5, 0.6) is 0 Å². The first-order chi connectivity index (χ1) is 9.23. The maximum absolute atomic E-state index is 11.9. The van der Waals surface area contributed by atoms with Crippen LogP contribution in [-0.4, -0.2) is 34.0 Å². The van der Waals surface area contributed by atoms with E-state index in [1.54, 1.807) is 6.92 Å². The van der Waals surface area contributed by atoms with Crippen LogP contribution in [0.1, 0.15) is 39.5 Å². The van der Waals surface area contributed by atoms with Crippen molar-refractivity contribution in [2.45, 2.75) is 57.3 Å². The van der Waals surface area contributed by atoms with Gasteiger partial charge in [-0.05, 0) is 43.4 Å². The highest BCUT2D eigenvalue weighted by Gasteiger charge is 2.79. The zero-order valence-electron chi connectivity index (χ0n) is 12.1. The molecular weight excluding hydrogens is 256 g/mol. The van der Waals surface area contributed by atoms with Crippen molar-refractivity contribution in [3.63, 3.8) is 0 Å². The Labute approximate surface area is 118 Å². The molecule has 0 aromatic carbocycles. The molecule has 0 bridgehead atoms.